The first-order valence-corrected chi connectivity index (χ1v) is 6.31. The van der Waals surface area contributed by atoms with E-state index < -0.39 is 0 Å². The Morgan fingerprint density at radius 3 is 2.29 bits per heavy atom. The number of benzene rings is 1. The van der Waals surface area contributed by atoms with Crippen molar-refractivity contribution in [2.24, 2.45) is 0 Å². The van der Waals surface area contributed by atoms with E-state index in [-0.39, 0.29) is 0 Å². The first-order chi connectivity index (χ1) is 8.08. The van der Waals surface area contributed by atoms with Gasteiger partial charge in [0.15, 0.2) is 0 Å². The van der Waals surface area contributed by atoms with Crippen molar-refractivity contribution >= 4 is 11.0 Å². The molecule has 0 atom stereocenters. The molecule has 2 aromatic rings. The second-order valence-electron chi connectivity index (χ2n) is 5.11. The zero-order valence-corrected chi connectivity index (χ0v) is 11.1. The second-order valence-corrected chi connectivity index (χ2v) is 5.11. The lowest BCUT2D eigenvalue weighted by atomic mass is 10.2. The molecule has 2 heteroatoms. The third kappa shape index (κ3) is 2.70. The standard InChI is InChI=1S/C15H21NO/c1-11(2)16(12(3)4)10-14-9-13-7-5-6-8-15(13)17-14/h5-9,11-12H,10H2,1-4H3. The molecule has 0 N–H and O–H groups in total. The molecule has 0 fully saturated rings. The fourth-order valence-corrected chi connectivity index (χ4v) is 2.26. The van der Waals surface area contributed by atoms with Gasteiger partial charge in [-0.25, -0.2) is 0 Å². The Labute approximate surface area is 103 Å². The molecule has 0 amide bonds. The van der Waals surface area contributed by atoms with E-state index in [4.69, 9.17) is 4.42 Å². The SMILES string of the molecule is CC(C)N(Cc1cc2ccccc2o1)C(C)C. The molecule has 92 valence electrons. The minimum atomic E-state index is 0.531. The molecule has 0 aliphatic rings. The van der Waals surface area contributed by atoms with E-state index in [1.54, 1.807) is 0 Å². The molecule has 1 heterocycles. The molecule has 0 unspecified atom stereocenters. The predicted octanol–water partition coefficient (Wildman–Crippen LogP) is 4.05. The van der Waals surface area contributed by atoms with Gasteiger partial charge in [0.2, 0.25) is 0 Å². The average molecular weight is 231 g/mol. The zero-order chi connectivity index (χ0) is 12.4. The van der Waals surface area contributed by atoms with Crippen molar-refractivity contribution in [3.8, 4) is 0 Å². The lowest BCUT2D eigenvalue weighted by Crippen LogP contribution is -2.36. The van der Waals surface area contributed by atoms with Crippen LogP contribution in [0.25, 0.3) is 11.0 Å². The number of rotatable bonds is 4. The highest BCUT2D eigenvalue weighted by atomic mass is 16.3. The van der Waals surface area contributed by atoms with Crippen LogP contribution in [0.4, 0.5) is 0 Å². The average Bonchev–Trinajstić information content (AvgIpc) is 2.67. The zero-order valence-electron chi connectivity index (χ0n) is 11.1. The van der Waals surface area contributed by atoms with Crippen molar-refractivity contribution in [3.63, 3.8) is 0 Å². The molecule has 2 rings (SSSR count). The molecule has 0 radical (unpaired) electrons. The van der Waals surface area contributed by atoms with Crippen LogP contribution in [0.5, 0.6) is 0 Å². The fourth-order valence-electron chi connectivity index (χ4n) is 2.26. The van der Waals surface area contributed by atoms with E-state index in [1.807, 2.05) is 18.2 Å². The van der Waals surface area contributed by atoms with Crippen molar-refractivity contribution in [2.75, 3.05) is 0 Å². The Morgan fingerprint density at radius 1 is 1.06 bits per heavy atom. The van der Waals surface area contributed by atoms with E-state index >= 15 is 0 Å². The lowest BCUT2D eigenvalue weighted by molar-refractivity contribution is 0.154. The van der Waals surface area contributed by atoms with E-state index in [0.29, 0.717) is 12.1 Å². The summed E-state index contributed by atoms with van der Waals surface area (Å²) in [7, 11) is 0. The van der Waals surface area contributed by atoms with Gasteiger partial charge in [0.05, 0.1) is 6.54 Å². The minimum Gasteiger partial charge on any atom is -0.460 e. The van der Waals surface area contributed by atoms with Crippen LogP contribution in [0.2, 0.25) is 0 Å². The maximum atomic E-state index is 5.86. The van der Waals surface area contributed by atoms with Gasteiger partial charge in [-0.1, -0.05) is 18.2 Å². The van der Waals surface area contributed by atoms with Crippen molar-refractivity contribution in [3.05, 3.63) is 36.1 Å². The first kappa shape index (κ1) is 12.2. The number of hydrogen-bond acceptors (Lipinski definition) is 2. The quantitative estimate of drug-likeness (QED) is 0.789. The Bertz CT molecular complexity index is 443. The van der Waals surface area contributed by atoms with E-state index in [1.165, 1.54) is 5.39 Å². The first-order valence-electron chi connectivity index (χ1n) is 6.31. The third-order valence-electron chi connectivity index (χ3n) is 3.14. The third-order valence-corrected chi connectivity index (χ3v) is 3.14. The number of para-hydroxylation sites is 1. The number of furan rings is 1. The van der Waals surface area contributed by atoms with Gasteiger partial charge in [-0.05, 0) is 39.8 Å². The van der Waals surface area contributed by atoms with Crippen LogP contribution >= 0.6 is 0 Å². The highest BCUT2D eigenvalue weighted by Crippen LogP contribution is 2.21. The highest BCUT2D eigenvalue weighted by Gasteiger charge is 2.15. The molecule has 17 heavy (non-hydrogen) atoms. The van der Waals surface area contributed by atoms with Gasteiger partial charge in [-0.3, -0.25) is 4.90 Å². The maximum Gasteiger partial charge on any atom is 0.134 e. The van der Waals surface area contributed by atoms with Gasteiger partial charge in [-0.15, -0.1) is 0 Å². The van der Waals surface area contributed by atoms with Gasteiger partial charge >= 0.3 is 0 Å². The molecule has 1 aromatic carbocycles. The molecule has 1 aromatic heterocycles. The molecule has 0 spiro atoms. The summed E-state index contributed by atoms with van der Waals surface area (Å²) in [5.74, 6) is 1.05. The predicted molar refractivity (Wildman–Crippen MR) is 72.0 cm³/mol. The van der Waals surface area contributed by atoms with E-state index in [2.05, 4.69) is 44.7 Å². The maximum absolute atomic E-state index is 5.86. The van der Waals surface area contributed by atoms with Crippen LogP contribution < -0.4 is 0 Å². The van der Waals surface area contributed by atoms with Crippen LogP contribution in [0.1, 0.15) is 33.5 Å². The molecule has 2 nitrogen and oxygen atoms in total. The smallest absolute Gasteiger partial charge is 0.134 e. The molecule has 0 saturated heterocycles. The van der Waals surface area contributed by atoms with Crippen LogP contribution in [-0.2, 0) is 6.54 Å². The van der Waals surface area contributed by atoms with Gasteiger partial charge in [0, 0.05) is 17.5 Å². The molecular formula is C15H21NO. The summed E-state index contributed by atoms with van der Waals surface area (Å²) in [5, 5.41) is 1.19. The van der Waals surface area contributed by atoms with E-state index in [0.717, 1.165) is 17.9 Å². The lowest BCUT2D eigenvalue weighted by Gasteiger charge is -2.29. The molecule has 0 saturated carbocycles. The highest BCUT2D eigenvalue weighted by molar-refractivity contribution is 5.77. The summed E-state index contributed by atoms with van der Waals surface area (Å²) in [6, 6.07) is 11.4. The number of fused-ring (bicyclic) bond motifs is 1. The summed E-state index contributed by atoms with van der Waals surface area (Å²) < 4.78 is 5.86. The molecule has 0 bridgehead atoms. The Balaban J connectivity index is 2.22. The molecule has 0 aliphatic heterocycles. The Kier molecular flexibility index (Phi) is 3.53. The van der Waals surface area contributed by atoms with Gasteiger partial charge in [0.25, 0.3) is 0 Å². The number of hydrogen-bond donors (Lipinski definition) is 0. The largest absolute Gasteiger partial charge is 0.460 e. The van der Waals surface area contributed by atoms with Crippen LogP contribution in [-0.4, -0.2) is 17.0 Å². The van der Waals surface area contributed by atoms with Crippen molar-refractivity contribution in [1.82, 2.24) is 4.90 Å². The van der Waals surface area contributed by atoms with Gasteiger partial charge < -0.3 is 4.42 Å². The molecule has 0 aliphatic carbocycles. The number of nitrogens with zero attached hydrogens (tertiary/aromatic N) is 1. The van der Waals surface area contributed by atoms with Crippen molar-refractivity contribution in [2.45, 2.75) is 46.3 Å². The monoisotopic (exact) mass is 231 g/mol. The topological polar surface area (TPSA) is 16.4 Å². The Morgan fingerprint density at radius 2 is 1.71 bits per heavy atom. The van der Waals surface area contributed by atoms with E-state index in [9.17, 15) is 0 Å². The van der Waals surface area contributed by atoms with Crippen molar-refractivity contribution in [1.29, 1.82) is 0 Å². The summed E-state index contributed by atoms with van der Waals surface area (Å²) in [5.41, 5.74) is 0.981. The van der Waals surface area contributed by atoms with Crippen LogP contribution in [0, 0.1) is 0 Å². The van der Waals surface area contributed by atoms with Crippen LogP contribution in [0.15, 0.2) is 34.7 Å². The molecular weight excluding hydrogens is 210 g/mol. The second kappa shape index (κ2) is 4.92. The fraction of sp³-hybridized carbons (Fsp3) is 0.467. The summed E-state index contributed by atoms with van der Waals surface area (Å²) in [4.78, 5) is 2.43. The summed E-state index contributed by atoms with van der Waals surface area (Å²) in [6.45, 7) is 9.78. The van der Waals surface area contributed by atoms with Gasteiger partial charge in [-0.2, -0.15) is 0 Å². The summed E-state index contributed by atoms with van der Waals surface area (Å²) >= 11 is 0. The summed E-state index contributed by atoms with van der Waals surface area (Å²) in [6.07, 6.45) is 0. The van der Waals surface area contributed by atoms with Gasteiger partial charge in [0.1, 0.15) is 11.3 Å². The Hall–Kier alpha value is -1.28. The normalized spacial score (nSPS) is 12.2. The minimum absolute atomic E-state index is 0.531. The van der Waals surface area contributed by atoms with Crippen LogP contribution in [0.3, 0.4) is 0 Å². The van der Waals surface area contributed by atoms with Crippen molar-refractivity contribution < 1.29 is 4.42 Å².